The normalized spacial score (nSPS) is 10.7. The zero-order valence-corrected chi connectivity index (χ0v) is 17.4. The third-order valence-corrected chi connectivity index (χ3v) is 5.18. The summed E-state index contributed by atoms with van der Waals surface area (Å²) in [5, 5.41) is 9.11. The van der Waals surface area contributed by atoms with E-state index in [4.69, 9.17) is 37.1 Å². The van der Waals surface area contributed by atoms with Gasteiger partial charge in [0, 0.05) is 10.6 Å². The lowest BCUT2D eigenvalue weighted by molar-refractivity contribution is 0.102. The van der Waals surface area contributed by atoms with E-state index in [1.165, 1.54) is 6.07 Å². The zero-order chi connectivity index (χ0) is 20.1. The Balaban J connectivity index is 1.62. The van der Waals surface area contributed by atoms with Crippen molar-refractivity contribution in [3.8, 4) is 11.5 Å². The number of carbonyl (C=O) groups excluding carboxylic acids is 1. The van der Waals surface area contributed by atoms with Crippen molar-refractivity contribution in [1.82, 2.24) is 10.2 Å². The van der Waals surface area contributed by atoms with Crippen molar-refractivity contribution < 1.29 is 18.7 Å². The number of nitrogens with zero attached hydrogens (tertiary/aromatic N) is 2. The van der Waals surface area contributed by atoms with Crippen molar-refractivity contribution in [1.29, 1.82) is 0 Å². The Morgan fingerprint density at radius 3 is 2.57 bits per heavy atom. The Hall–Kier alpha value is -2.22. The van der Waals surface area contributed by atoms with E-state index >= 15 is 0 Å². The summed E-state index contributed by atoms with van der Waals surface area (Å²) in [7, 11) is 3.16. The maximum absolute atomic E-state index is 12.3. The van der Waals surface area contributed by atoms with Crippen LogP contribution in [0.1, 0.15) is 21.8 Å². The molecule has 0 fully saturated rings. The molecular weight excluding hydrogens is 423 g/mol. The number of carbonyl (C=O) groups is 1. The maximum Gasteiger partial charge on any atom is 0.277 e. The summed E-state index contributed by atoms with van der Waals surface area (Å²) in [6.07, 6.45) is 0.435. The highest BCUT2D eigenvalue weighted by atomic mass is 35.5. The molecule has 0 saturated heterocycles. The summed E-state index contributed by atoms with van der Waals surface area (Å²) in [6, 6.07) is 10.3. The fraction of sp³-hybridized carbons (Fsp3) is 0.211. The Morgan fingerprint density at radius 1 is 1.07 bits per heavy atom. The highest BCUT2D eigenvalue weighted by Gasteiger charge is 2.15. The molecule has 146 valence electrons. The second-order valence-electron chi connectivity index (χ2n) is 5.66. The summed E-state index contributed by atoms with van der Waals surface area (Å²) >= 11 is 13.1. The molecule has 0 aliphatic rings. The molecule has 0 aliphatic carbocycles. The van der Waals surface area contributed by atoms with Crippen LogP contribution in [0.3, 0.4) is 0 Å². The van der Waals surface area contributed by atoms with Gasteiger partial charge in [-0.2, -0.15) is 0 Å². The van der Waals surface area contributed by atoms with Gasteiger partial charge in [-0.15, -0.1) is 10.2 Å². The number of aromatic nitrogens is 2. The number of ether oxygens (including phenoxy) is 2. The van der Waals surface area contributed by atoms with Gasteiger partial charge in [-0.25, -0.2) is 0 Å². The number of Topliss-reactive ketones (excluding diaryl/α,β-unsaturated/α-hetero) is 1. The molecule has 6 nitrogen and oxygen atoms in total. The van der Waals surface area contributed by atoms with Gasteiger partial charge in [0.25, 0.3) is 5.22 Å². The lowest BCUT2D eigenvalue weighted by Gasteiger charge is -2.08. The van der Waals surface area contributed by atoms with Crippen LogP contribution in [0, 0.1) is 0 Å². The molecule has 1 aromatic heterocycles. The van der Waals surface area contributed by atoms with Gasteiger partial charge in [0.1, 0.15) is 0 Å². The fourth-order valence-corrected chi connectivity index (χ4v) is 3.63. The number of hydrogen-bond acceptors (Lipinski definition) is 7. The van der Waals surface area contributed by atoms with Crippen LogP contribution in [0.2, 0.25) is 10.0 Å². The molecule has 9 heteroatoms. The molecule has 1 heterocycles. The van der Waals surface area contributed by atoms with Gasteiger partial charge in [-0.05, 0) is 35.9 Å². The minimum Gasteiger partial charge on any atom is -0.493 e. The van der Waals surface area contributed by atoms with Crippen LogP contribution in [0.25, 0.3) is 0 Å². The molecule has 0 aliphatic heterocycles. The molecule has 28 heavy (non-hydrogen) atoms. The SMILES string of the molecule is COc1ccc(Cc2nnc(SCC(=O)c3ccc(Cl)cc3Cl)o2)cc1OC. The van der Waals surface area contributed by atoms with E-state index in [1.54, 1.807) is 26.4 Å². The van der Waals surface area contributed by atoms with Crippen molar-refractivity contribution >= 4 is 40.7 Å². The van der Waals surface area contributed by atoms with Crippen LogP contribution in [-0.2, 0) is 6.42 Å². The van der Waals surface area contributed by atoms with Gasteiger partial charge < -0.3 is 13.9 Å². The molecule has 3 aromatic rings. The van der Waals surface area contributed by atoms with E-state index in [0.717, 1.165) is 17.3 Å². The zero-order valence-electron chi connectivity index (χ0n) is 15.1. The number of hydrogen-bond donors (Lipinski definition) is 0. The fourth-order valence-electron chi connectivity index (χ4n) is 2.45. The molecule has 2 aromatic carbocycles. The Morgan fingerprint density at radius 2 is 1.86 bits per heavy atom. The summed E-state index contributed by atoms with van der Waals surface area (Å²) in [4.78, 5) is 12.3. The molecule has 3 rings (SSSR count). The second kappa shape index (κ2) is 9.32. The number of halogens is 2. The highest BCUT2D eigenvalue weighted by Crippen LogP contribution is 2.29. The first kappa shape index (κ1) is 20.5. The molecule has 0 unspecified atom stereocenters. The first-order chi connectivity index (χ1) is 13.5. The first-order valence-corrected chi connectivity index (χ1v) is 9.88. The molecule has 0 bridgehead atoms. The maximum atomic E-state index is 12.3. The molecule has 0 saturated carbocycles. The van der Waals surface area contributed by atoms with Gasteiger partial charge in [0.05, 0.1) is 31.4 Å². The Labute approximate surface area is 176 Å². The van der Waals surface area contributed by atoms with Crippen molar-refractivity contribution in [2.45, 2.75) is 11.6 Å². The smallest absolute Gasteiger partial charge is 0.277 e. The van der Waals surface area contributed by atoms with Crippen molar-refractivity contribution in [3.05, 3.63) is 63.5 Å². The van der Waals surface area contributed by atoms with Crippen LogP contribution < -0.4 is 9.47 Å². The van der Waals surface area contributed by atoms with Gasteiger partial charge in [-0.1, -0.05) is 41.0 Å². The standard InChI is InChI=1S/C19H16Cl2N2O4S/c1-25-16-6-3-11(7-17(16)26-2)8-18-22-23-19(27-18)28-10-15(24)13-5-4-12(20)9-14(13)21/h3-7,9H,8,10H2,1-2H3. The molecule has 0 amide bonds. The minimum atomic E-state index is -0.147. The van der Waals surface area contributed by atoms with Gasteiger partial charge in [0.15, 0.2) is 17.3 Å². The predicted octanol–water partition coefficient (Wildman–Crippen LogP) is 4.96. The lowest BCUT2D eigenvalue weighted by atomic mass is 10.1. The van der Waals surface area contributed by atoms with E-state index in [9.17, 15) is 4.79 Å². The van der Waals surface area contributed by atoms with Crippen molar-refractivity contribution in [2.24, 2.45) is 0 Å². The third kappa shape index (κ3) is 4.98. The van der Waals surface area contributed by atoms with E-state index in [2.05, 4.69) is 10.2 Å². The lowest BCUT2D eigenvalue weighted by Crippen LogP contribution is -2.03. The van der Waals surface area contributed by atoms with Crippen molar-refractivity contribution in [3.63, 3.8) is 0 Å². The van der Waals surface area contributed by atoms with Gasteiger partial charge in [0.2, 0.25) is 5.89 Å². The number of methoxy groups -OCH3 is 2. The van der Waals surface area contributed by atoms with E-state index in [1.807, 2.05) is 18.2 Å². The Bertz CT molecular complexity index is 994. The quantitative estimate of drug-likeness (QED) is 0.363. The summed E-state index contributed by atoms with van der Waals surface area (Å²) in [6.45, 7) is 0. The number of ketones is 1. The minimum absolute atomic E-state index is 0.124. The van der Waals surface area contributed by atoms with E-state index in [0.29, 0.717) is 44.6 Å². The number of rotatable bonds is 8. The topological polar surface area (TPSA) is 74.5 Å². The van der Waals surface area contributed by atoms with Gasteiger partial charge in [-0.3, -0.25) is 4.79 Å². The molecule has 0 N–H and O–H groups in total. The molecule has 0 atom stereocenters. The monoisotopic (exact) mass is 438 g/mol. The van der Waals surface area contributed by atoms with Crippen molar-refractivity contribution in [2.75, 3.05) is 20.0 Å². The van der Waals surface area contributed by atoms with Gasteiger partial charge >= 0.3 is 0 Å². The van der Waals surface area contributed by atoms with Crippen LogP contribution in [-0.4, -0.2) is 36.0 Å². The van der Waals surface area contributed by atoms with Crippen LogP contribution in [0.4, 0.5) is 0 Å². The Kier molecular flexibility index (Phi) is 6.83. The van der Waals surface area contributed by atoms with Crippen LogP contribution in [0.15, 0.2) is 46.0 Å². The molecule has 0 spiro atoms. The predicted molar refractivity (Wildman–Crippen MR) is 108 cm³/mol. The first-order valence-electron chi connectivity index (χ1n) is 8.14. The van der Waals surface area contributed by atoms with Crippen LogP contribution >= 0.6 is 35.0 Å². The number of benzene rings is 2. The average molecular weight is 439 g/mol. The highest BCUT2D eigenvalue weighted by molar-refractivity contribution is 7.99. The summed E-state index contributed by atoms with van der Waals surface area (Å²) < 4.78 is 16.1. The average Bonchev–Trinajstić information content (AvgIpc) is 3.13. The largest absolute Gasteiger partial charge is 0.493 e. The summed E-state index contributed by atoms with van der Waals surface area (Å²) in [5.74, 6) is 1.68. The molecule has 0 radical (unpaired) electrons. The van der Waals surface area contributed by atoms with E-state index in [-0.39, 0.29) is 11.5 Å². The van der Waals surface area contributed by atoms with E-state index < -0.39 is 0 Å². The number of thioether (sulfide) groups is 1. The third-order valence-electron chi connectivity index (χ3n) is 3.81. The molecular formula is C19H16Cl2N2O4S. The summed E-state index contributed by atoms with van der Waals surface area (Å²) in [5.41, 5.74) is 1.34. The second-order valence-corrected chi connectivity index (χ2v) is 7.43. The van der Waals surface area contributed by atoms with Crippen LogP contribution in [0.5, 0.6) is 11.5 Å².